The van der Waals surface area contributed by atoms with E-state index < -0.39 is 0 Å². The second-order valence-electron chi connectivity index (χ2n) is 7.39. The first kappa shape index (κ1) is 16.6. The minimum Gasteiger partial charge on any atom is -0.316 e. The summed E-state index contributed by atoms with van der Waals surface area (Å²) in [6, 6.07) is 0. The molecule has 0 aromatic heterocycles. The van der Waals surface area contributed by atoms with E-state index in [-0.39, 0.29) is 0 Å². The lowest BCUT2D eigenvalue weighted by molar-refractivity contribution is 0.250. The molecule has 0 amide bonds. The Morgan fingerprint density at radius 2 is 2.00 bits per heavy atom. The second-order valence-corrected chi connectivity index (χ2v) is 8.66. The van der Waals surface area contributed by atoms with Crippen LogP contribution in [0, 0.1) is 11.8 Å². The molecule has 2 fully saturated rings. The molecule has 1 saturated carbocycles. The van der Waals surface area contributed by atoms with Crippen LogP contribution in [0.4, 0.5) is 0 Å². The zero-order valence-corrected chi connectivity index (χ0v) is 14.6. The smallest absolute Gasteiger partial charge is 0.0284 e. The zero-order valence-electron chi connectivity index (χ0n) is 13.8. The number of thioether (sulfide) groups is 1. The third-order valence-electron chi connectivity index (χ3n) is 5.07. The van der Waals surface area contributed by atoms with Crippen molar-refractivity contribution in [2.75, 3.05) is 39.0 Å². The molecule has 1 heterocycles. The molecule has 0 radical (unpaired) electrons. The minimum atomic E-state index is 0.582. The summed E-state index contributed by atoms with van der Waals surface area (Å²) in [6.07, 6.45) is 11.0. The number of rotatable bonds is 7. The van der Waals surface area contributed by atoms with Crippen LogP contribution in [0.2, 0.25) is 0 Å². The fourth-order valence-corrected chi connectivity index (χ4v) is 4.84. The van der Waals surface area contributed by atoms with Crippen LogP contribution >= 0.6 is 11.8 Å². The van der Waals surface area contributed by atoms with E-state index in [9.17, 15) is 0 Å². The summed E-state index contributed by atoms with van der Waals surface area (Å²) >= 11 is 2.15. The SMILES string of the molecule is CSC1(CN2CCC(CNCC(C)C)C2)CCCCC1. The van der Waals surface area contributed by atoms with Crippen LogP contribution in [-0.4, -0.2) is 48.6 Å². The van der Waals surface area contributed by atoms with Gasteiger partial charge in [0.2, 0.25) is 0 Å². The van der Waals surface area contributed by atoms with Crippen LogP contribution in [0.5, 0.6) is 0 Å². The monoisotopic (exact) mass is 298 g/mol. The highest BCUT2D eigenvalue weighted by Crippen LogP contribution is 2.39. The summed E-state index contributed by atoms with van der Waals surface area (Å²) in [4.78, 5) is 2.75. The van der Waals surface area contributed by atoms with Crippen molar-refractivity contribution in [3.63, 3.8) is 0 Å². The summed E-state index contributed by atoms with van der Waals surface area (Å²) in [6.45, 7) is 11.0. The lowest BCUT2D eigenvalue weighted by atomic mass is 9.88. The first-order valence-electron chi connectivity index (χ1n) is 8.62. The van der Waals surface area contributed by atoms with Gasteiger partial charge in [-0.25, -0.2) is 0 Å². The molecule has 2 aliphatic rings. The Hall–Kier alpha value is 0.270. The molecule has 0 aromatic rings. The molecule has 1 unspecified atom stereocenters. The molecule has 1 N–H and O–H groups in total. The van der Waals surface area contributed by atoms with Gasteiger partial charge in [0.15, 0.2) is 0 Å². The topological polar surface area (TPSA) is 15.3 Å². The lowest BCUT2D eigenvalue weighted by Crippen LogP contribution is -2.41. The van der Waals surface area contributed by atoms with Crippen LogP contribution in [-0.2, 0) is 0 Å². The summed E-state index contributed by atoms with van der Waals surface area (Å²) in [7, 11) is 0. The molecule has 118 valence electrons. The number of nitrogens with one attached hydrogen (secondary N) is 1. The van der Waals surface area contributed by atoms with Crippen molar-refractivity contribution in [2.24, 2.45) is 11.8 Å². The number of nitrogens with zero attached hydrogens (tertiary/aromatic N) is 1. The summed E-state index contributed by atoms with van der Waals surface area (Å²) < 4.78 is 0.582. The van der Waals surface area contributed by atoms with Gasteiger partial charge in [0, 0.05) is 17.8 Å². The average molecular weight is 299 g/mol. The quantitative estimate of drug-likeness (QED) is 0.773. The molecule has 20 heavy (non-hydrogen) atoms. The average Bonchev–Trinajstić information content (AvgIpc) is 2.87. The van der Waals surface area contributed by atoms with Gasteiger partial charge in [-0.3, -0.25) is 0 Å². The predicted octanol–water partition coefficient (Wildman–Crippen LogP) is 3.62. The van der Waals surface area contributed by atoms with Crippen molar-refractivity contribution >= 4 is 11.8 Å². The van der Waals surface area contributed by atoms with E-state index in [2.05, 4.69) is 42.1 Å². The first-order valence-corrected chi connectivity index (χ1v) is 9.84. The zero-order chi connectivity index (χ0) is 14.4. The van der Waals surface area contributed by atoms with Crippen molar-refractivity contribution in [1.29, 1.82) is 0 Å². The second kappa shape index (κ2) is 8.05. The largest absolute Gasteiger partial charge is 0.316 e. The maximum atomic E-state index is 3.64. The normalized spacial score (nSPS) is 27.3. The molecule has 3 heteroatoms. The van der Waals surface area contributed by atoms with Crippen molar-refractivity contribution in [3.8, 4) is 0 Å². The van der Waals surface area contributed by atoms with Gasteiger partial charge < -0.3 is 10.2 Å². The Bertz CT molecular complexity index is 274. The van der Waals surface area contributed by atoms with E-state index in [1.54, 1.807) is 0 Å². The van der Waals surface area contributed by atoms with E-state index in [1.165, 1.54) is 71.2 Å². The molecule has 1 aliphatic heterocycles. The van der Waals surface area contributed by atoms with Crippen LogP contribution in [0.25, 0.3) is 0 Å². The van der Waals surface area contributed by atoms with Gasteiger partial charge in [-0.1, -0.05) is 33.1 Å². The van der Waals surface area contributed by atoms with Crippen LogP contribution in [0.3, 0.4) is 0 Å². The van der Waals surface area contributed by atoms with E-state index in [1.807, 2.05) is 0 Å². The molecular formula is C17H34N2S. The van der Waals surface area contributed by atoms with Crippen LogP contribution in [0.1, 0.15) is 52.4 Å². The highest BCUT2D eigenvalue weighted by Gasteiger charge is 2.35. The van der Waals surface area contributed by atoms with Crippen molar-refractivity contribution in [2.45, 2.75) is 57.1 Å². The Morgan fingerprint density at radius 1 is 1.25 bits per heavy atom. The fraction of sp³-hybridized carbons (Fsp3) is 1.00. The third-order valence-corrected chi connectivity index (χ3v) is 6.47. The van der Waals surface area contributed by atoms with Gasteiger partial charge in [-0.2, -0.15) is 11.8 Å². The Labute approximate surface area is 130 Å². The molecule has 0 spiro atoms. The van der Waals surface area contributed by atoms with Gasteiger partial charge in [0.1, 0.15) is 0 Å². The van der Waals surface area contributed by atoms with Crippen molar-refractivity contribution < 1.29 is 0 Å². The molecule has 1 atom stereocenters. The maximum Gasteiger partial charge on any atom is 0.0284 e. The third kappa shape index (κ3) is 4.92. The summed E-state index contributed by atoms with van der Waals surface area (Å²) in [5, 5.41) is 3.64. The van der Waals surface area contributed by atoms with E-state index in [0.717, 1.165) is 11.8 Å². The Morgan fingerprint density at radius 3 is 2.65 bits per heavy atom. The summed E-state index contributed by atoms with van der Waals surface area (Å²) in [5.74, 6) is 1.66. The predicted molar refractivity (Wildman–Crippen MR) is 91.6 cm³/mol. The molecule has 1 aliphatic carbocycles. The maximum absolute atomic E-state index is 3.64. The van der Waals surface area contributed by atoms with Crippen LogP contribution < -0.4 is 5.32 Å². The first-order chi connectivity index (χ1) is 9.63. The number of hydrogen-bond acceptors (Lipinski definition) is 3. The molecule has 1 saturated heterocycles. The fourth-order valence-electron chi connectivity index (χ4n) is 3.83. The molecule has 2 rings (SSSR count). The van der Waals surface area contributed by atoms with Gasteiger partial charge in [0.05, 0.1) is 0 Å². The van der Waals surface area contributed by atoms with E-state index in [0.29, 0.717) is 4.75 Å². The van der Waals surface area contributed by atoms with E-state index in [4.69, 9.17) is 0 Å². The van der Waals surface area contributed by atoms with E-state index >= 15 is 0 Å². The van der Waals surface area contributed by atoms with Gasteiger partial charge in [-0.15, -0.1) is 0 Å². The molecule has 2 nitrogen and oxygen atoms in total. The van der Waals surface area contributed by atoms with Gasteiger partial charge in [0.25, 0.3) is 0 Å². The number of hydrogen-bond donors (Lipinski definition) is 1. The standard InChI is InChI=1S/C17H34N2S/c1-15(2)11-18-12-16-7-10-19(13-16)14-17(20-3)8-5-4-6-9-17/h15-16,18H,4-14H2,1-3H3. The minimum absolute atomic E-state index is 0.582. The lowest BCUT2D eigenvalue weighted by Gasteiger charge is -2.39. The molecular weight excluding hydrogens is 264 g/mol. The number of likely N-dealkylation sites (tertiary alicyclic amines) is 1. The van der Waals surface area contributed by atoms with Crippen molar-refractivity contribution in [1.82, 2.24) is 10.2 Å². The van der Waals surface area contributed by atoms with Crippen LogP contribution in [0.15, 0.2) is 0 Å². The van der Waals surface area contributed by atoms with Gasteiger partial charge >= 0.3 is 0 Å². The molecule has 0 bridgehead atoms. The highest BCUT2D eigenvalue weighted by atomic mass is 32.2. The highest BCUT2D eigenvalue weighted by molar-refractivity contribution is 8.00. The summed E-state index contributed by atoms with van der Waals surface area (Å²) in [5.41, 5.74) is 0. The van der Waals surface area contributed by atoms with Crippen molar-refractivity contribution in [3.05, 3.63) is 0 Å². The Balaban J connectivity index is 1.72. The van der Waals surface area contributed by atoms with Gasteiger partial charge in [-0.05, 0) is 57.0 Å². The molecule has 0 aromatic carbocycles. The Kier molecular flexibility index (Phi) is 6.70.